The first-order valence-corrected chi connectivity index (χ1v) is 10.6. The van der Waals surface area contributed by atoms with Crippen molar-refractivity contribution in [1.82, 2.24) is 4.98 Å². The molecule has 158 valence electrons. The summed E-state index contributed by atoms with van der Waals surface area (Å²) < 4.78 is 0. The minimum atomic E-state index is -0.502. The fourth-order valence-electron chi connectivity index (χ4n) is 4.92. The van der Waals surface area contributed by atoms with Gasteiger partial charge in [-0.05, 0) is 49.6 Å². The number of para-hydroxylation sites is 1. The van der Waals surface area contributed by atoms with Gasteiger partial charge in [-0.3, -0.25) is 14.6 Å². The van der Waals surface area contributed by atoms with E-state index in [0.717, 1.165) is 35.3 Å². The first-order chi connectivity index (χ1) is 14.9. The van der Waals surface area contributed by atoms with Gasteiger partial charge in [0.25, 0.3) is 0 Å². The lowest BCUT2D eigenvalue weighted by atomic mass is 9.63. The van der Waals surface area contributed by atoms with Crippen molar-refractivity contribution in [2.75, 3.05) is 5.32 Å². The number of allylic oxidation sites excluding steroid dienone is 3. The fraction of sp³-hybridized carbons (Fsp3) is 0.269. The van der Waals surface area contributed by atoms with Crippen LogP contribution >= 0.6 is 0 Å². The maximum Gasteiger partial charge on any atom is 0.248 e. The first kappa shape index (κ1) is 20.8. The minimum absolute atomic E-state index is 0.0740. The zero-order valence-electron chi connectivity index (χ0n) is 18.1. The van der Waals surface area contributed by atoms with Crippen molar-refractivity contribution >= 4 is 23.9 Å². The number of amides is 1. The molecule has 1 amide bonds. The van der Waals surface area contributed by atoms with Crippen molar-refractivity contribution in [3.05, 3.63) is 92.9 Å². The molecule has 1 aromatic heterocycles. The number of carbonyl (C=O) groups is 1. The lowest BCUT2D eigenvalue weighted by Gasteiger charge is -2.45. The molecule has 5 heteroatoms. The monoisotopic (exact) mass is 413 g/mol. The molecule has 2 aliphatic rings. The number of carbonyl (C=O) groups excluding carboxylic acids is 1. The van der Waals surface area contributed by atoms with E-state index in [1.807, 2.05) is 48.7 Å². The average molecular weight is 414 g/mol. The molecule has 5 nitrogen and oxygen atoms in total. The summed E-state index contributed by atoms with van der Waals surface area (Å²) in [6.07, 6.45) is 11.7. The van der Waals surface area contributed by atoms with E-state index in [9.17, 15) is 9.59 Å². The van der Waals surface area contributed by atoms with Gasteiger partial charge in [0.15, 0.2) is 0 Å². The molecule has 2 atom stereocenters. The Hall–Kier alpha value is -3.47. The van der Waals surface area contributed by atoms with Crippen LogP contribution < -0.4 is 10.9 Å². The second kappa shape index (κ2) is 8.34. The number of rotatable bonds is 4. The lowest BCUT2D eigenvalue weighted by molar-refractivity contribution is -0.114. The zero-order chi connectivity index (χ0) is 22.0. The van der Waals surface area contributed by atoms with Crippen LogP contribution in [-0.4, -0.2) is 17.1 Å². The molecule has 0 aliphatic heterocycles. The summed E-state index contributed by atoms with van der Waals surface area (Å²) in [5.74, 6) is 0.139. The molecule has 2 aliphatic carbocycles. The smallest absolute Gasteiger partial charge is 0.248 e. The number of aromatic nitrogens is 1. The molecule has 0 saturated carbocycles. The fourth-order valence-corrected chi connectivity index (χ4v) is 4.92. The normalized spacial score (nSPS) is 23.8. The Labute approximate surface area is 182 Å². The van der Waals surface area contributed by atoms with Crippen molar-refractivity contribution in [3.8, 4) is 0 Å². The highest BCUT2D eigenvalue weighted by Crippen LogP contribution is 2.51. The molecule has 2 N–H and O–H groups in total. The van der Waals surface area contributed by atoms with Gasteiger partial charge in [0.2, 0.25) is 11.5 Å². The van der Waals surface area contributed by atoms with Crippen molar-refractivity contribution in [3.63, 3.8) is 0 Å². The van der Waals surface area contributed by atoms with Crippen LogP contribution in [0.3, 0.4) is 0 Å². The molecule has 0 fully saturated rings. The van der Waals surface area contributed by atoms with Crippen molar-refractivity contribution < 1.29 is 4.79 Å². The average Bonchev–Trinajstić information content (AvgIpc) is 2.71. The van der Waals surface area contributed by atoms with Crippen LogP contribution in [0.25, 0.3) is 6.08 Å². The van der Waals surface area contributed by atoms with Crippen molar-refractivity contribution in [2.45, 2.75) is 39.2 Å². The Morgan fingerprint density at radius 2 is 2.06 bits per heavy atom. The number of aromatic amines is 1. The van der Waals surface area contributed by atoms with Crippen molar-refractivity contribution in [1.29, 1.82) is 0 Å². The molecule has 31 heavy (non-hydrogen) atoms. The number of pyridine rings is 1. The van der Waals surface area contributed by atoms with Gasteiger partial charge in [-0.2, -0.15) is 0 Å². The number of hydrogen-bond acceptors (Lipinski definition) is 3. The number of H-pyrrole nitrogens is 1. The van der Waals surface area contributed by atoms with E-state index in [-0.39, 0.29) is 17.4 Å². The van der Waals surface area contributed by atoms with E-state index >= 15 is 0 Å². The SMILES string of the molecule is CC=C1[C@H]2C=C(C)C[C@]1(N=CC=Cc1ccccc1NC(C)=O)c1ccc(=O)[nH]c1C2. The van der Waals surface area contributed by atoms with Crippen LogP contribution in [0.15, 0.2) is 75.6 Å². The summed E-state index contributed by atoms with van der Waals surface area (Å²) in [4.78, 5) is 31.5. The predicted molar refractivity (Wildman–Crippen MR) is 126 cm³/mol. The summed E-state index contributed by atoms with van der Waals surface area (Å²) in [6, 6.07) is 11.2. The maximum absolute atomic E-state index is 11.9. The van der Waals surface area contributed by atoms with Gasteiger partial charge in [0, 0.05) is 48.5 Å². The second-order valence-electron chi connectivity index (χ2n) is 8.23. The Morgan fingerprint density at radius 3 is 2.84 bits per heavy atom. The van der Waals surface area contributed by atoms with Gasteiger partial charge in [0.1, 0.15) is 5.54 Å². The minimum Gasteiger partial charge on any atom is -0.326 e. The van der Waals surface area contributed by atoms with Gasteiger partial charge in [-0.25, -0.2) is 0 Å². The Kier molecular flexibility index (Phi) is 5.59. The molecular weight excluding hydrogens is 386 g/mol. The molecule has 2 aromatic rings. The number of hydrogen-bond donors (Lipinski definition) is 2. The van der Waals surface area contributed by atoms with E-state index < -0.39 is 5.54 Å². The second-order valence-corrected chi connectivity index (χ2v) is 8.23. The molecule has 0 spiro atoms. The molecule has 0 saturated heterocycles. The predicted octanol–water partition coefficient (Wildman–Crippen LogP) is 4.78. The maximum atomic E-state index is 11.9. The van der Waals surface area contributed by atoms with E-state index in [1.54, 1.807) is 6.07 Å². The standard InChI is InChI=1S/C26H27N3O2/c1-4-21-20-14-17(2)16-26(21,22-11-12-25(31)29-24(22)15-20)27-13-7-9-19-8-5-6-10-23(19)28-18(3)30/h4-14,20H,15-16H2,1-3H3,(H,28,30)(H,29,31)/t20-,26+/m0/s1. The van der Waals surface area contributed by atoms with E-state index in [0.29, 0.717) is 0 Å². The summed E-state index contributed by atoms with van der Waals surface area (Å²) in [6.45, 7) is 5.72. The number of anilines is 1. The molecule has 0 unspecified atom stereocenters. The topological polar surface area (TPSA) is 74.3 Å². The summed E-state index contributed by atoms with van der Waals surface area (Å²) >= 11 is 0. The van der Waals surface area contributed by atoms with Crippen LogP contribution in [0.2, 0.25) is 0 Å². The largest absolute Gasteiger partial charge is 0.326 e. The number of nitrogens with one attached hydrogen (secondary N) is 2. The third-order valence-electron chi connectivity index (χ3n) is 6.01. The third kappa shape index (κ3) is 3.96. The molecule has 4 rings (SSSR count). The zero-order valence-corrected chi connectivity index (χ0v) is 18.1. The summed E-state index contributed by atoms with van der Waals surface area (Å²) in [7, 11) is 0. The highest BCUT2D eigenvalue weighted by Gasteiger charge is 2.46. The van der Waals surface area contributed by atoms with E-state index in [2.05, 4.69) is 36.3 Å². The lowest BCUT2D eigenvalue weighted by Crippen LogP contribution is -2.40. The highest BCUT2D eigenvalue weighted by molar-refractivity contribution is 5.92. The number of nitrogens with zero attached hydrogens (tertiary/aromatic N) is 1. The number of benzene rings is 1. The summed E-state index contributed by atoms with van der Waals surface area (Å²) in [5.41, 5.74) is 5.75. The van der Waals surface area contributed by atoms with Crippen LogP contribution in [0.1, 0.15) is 44.0 Å². The van der Waals surface area contributed by atoms with Gasteiger partial charge in [0.05, 0.1) is 0 Å². The van der Waals surface area contributed by atoms with Gasteiger partial charge in [-0.1, -0.05) is 42.0 Å². The molecule has 1 aromatic carbocycles. The van der Waals surface area contributed by atoms with Crippen LogP contribution in [0, 0.1) is 5.92 Å². The van der Waals surface area contributed by atoms with E-state index in [1.165, 1.54) is 18.1 Å². The summed E-state index contributed by atoms with van der Waals surface area (Å²) in [5, 5.41) is 2.85. The number of aliphatic imine (C=N–C) groups is 1. The molecule has 1 heterocycles. The Balaban J connectivity index is 1.73. The van der Waals surface area contributed by atoms with Gasteiger partial charge in [-0.15, -0.1) is 0 Å². The van der Waals surface area contributed by atoms with Crippen LogP contribution in [0.5, 0.6) is 0 Å². The molecular formula is C26H27N3O2. The third-order valence-corrected chi connectivity index (χ3v) is 6.01. The quantitative estimate of drug-likeness (QED) is 0.559. The van der Waals surface area contributed by atoms with Gasteiger partial charge < -0.3 is 10.3 Å². The molecule has 0 radical (unpaired) electrons. The van der Waals surface area contributed by atoms with Crippen LogP contribution in [0.4, 0.5) is 5.69 Å². The van der Waals surface area contributed by atoms with Crippen molar-refractivity contribution in [2.24, 2.45) is 10.9 Å². The van der Waals surface area contributed by atoms with E-state index in [4.69, 9.17) is 4.99 Å². The van der Waals surface area contributed by atoms with Crippen LogP contribution in [-0.2, 0) is 16.8 Å². The highest BCUT2D eigenvalue weighted by atomic mass is 16.1. The Bertz CT molecular complexity index is 1200. The Morgan fingerprint density at radius 1 is 1.26 bits per heavy atom. The number of fused-ring (bicyclic) bond motifs is 4. The molecule has 2 bridgehead atoms. The van der Waals surface area contributed by atoms with Gasteiger partial charge >= 0.3 is 0 Å². The first-order valence-electron chi connectivity index (χ1n) is 10.6.